The monoisotopic (exact) mass is 201 g/mol. The van der Waals surface area contributed by atoms with E-state index >= 15 is 0 Å². The zero-order valence-electron chi connectivity index (χ0n) is 9.01. The van der Waals surface area contributed by atoms with Crippen molar-refractivity contribution in [1.29, 1.82) is 0 Å². The molecule has 1 saturated carbocycles. The largest absolute Gasteiger partial charge is 0.313 e. The van der Waals surface area contributed by atoms with E-state index in [4.69, 9.17) is 0 Å². The average Bonchev–Trinajstić information content (AvgIpc) is 2.60. The summed E-state index contributed by atoms with van der Waals surface area (Å²) >= 11 is 2.04. The SMILES string of the molecule is CCCCCNC1CCCC1SC. The van der Waals surface area contributed by atoms with Gasteiger partial charge in [-0.3, -0.25) is 0 Å². The van der Waals surface area contributed by atoms with Crippen molar-refractivity contribution < 1.29 is 0 Å². The minimum Gasteiger partial charge on any atom is -0.313 e. The van der Waals surface area contributed by atoms with Crippen LogP contribution in [0, 0.1) is 0 Å². The third-order valence-electron chi connectivity index (χ3n) is 2.94. The van der Waals surface area contributed by atoms with Gasteiger partial charge in [-0.1, -0.05) is 26.2 Å². The van der Waals surface area contributed by atoms with Crippen LogP contribution < -0.4 is 5.32 Å². The summed E-state index contributed by atoms with van der Waals surface area (Å²) in [4.78, 5) is 0. The van der Waals surface area contributed by atoms with Gasteiger partial charge in [0.1, 0.15) is 0 Å². The van der Waals surface area contributed by atoms with Gasteiger partial charge in [0.25, 0.3) is 0 Å². The maximum atomic E-state index is 3.70. The fraction of sp³-hybridized carbons (Fsp3) is 1.00. The summed E-state index contributed by atoms with van der Waals surface area (Å²) in [5.74, 6) is 0. The van der Waals surface area contributed by atoms with Crippen LogP contribution in [0.2, 0.25) is 0 Å². The highest BCUT2D eigenvalue weighted by atomic mass is 32.2. The summed E-state index contributed by atoms with van der Waals surface area (Å²) in [5, 5.41) is 4.59. The van der Waals surface area contributed by atoms with Crippen LogP contribution in [0.25, 0.3) is 0 Å². The van der Waals surface area contributed by atoms with Crippen LogP contribution >= 0.6 is 11.8 Å². The van der Waals surface area contributed by atoms with Gasteiger partial charge in [0.2, 0.25) is 0 Å². The van der Waals surface area contributed by atoms with Gasteiger partial charge in [-0.05, 0) is 32.1 Å². The number of rotatable bonds is 6. The van der Waals surface area contributed by atoms with Crippen molar-refractivity contribution in [2.24, 2.45) is 0 Å². The Hall–Kier alpha value is 0.310. The smallest absolute Gasteiger partial charge is 0.0198 e. The lowest BCUT2D eigenvalue weighted by molar-refractivity contribution is 0.513. The average molecular weight is 201 g/mol. The summed E-state index contributed by atoms with van der Waals surface area (Å²) < 4.78 is 0. The Balaban J connectivity index is 2.06. The zero-order chi connectivity index (χ0) is 9.52. The van der Waals surface area contributed by atoms with Crippen molar-refractivity contribution in [3.63, 3.8) is 0 Å². The van der Waals surface area contributed by atoms with Gasteiger partial charge in [-0.2, -0.15) is 11.8 Å². The summed E-state index contributed by atoms with van der Waals surface area (Å²) in [7, 11) is 0. The van der Waals surface area contributed by atoms with Crippen LogP contribution in [0.4, 0.5) is 0 Å². The van der Waals surface area contributed by atoms with Crippen LogP contribution in [0.3, 0.4) is 0 Å². The number of nitrogens with one attached hydrogen (secondary N) is 1. The third kappa shape index (κ3) is 3.90. The molecule has 0 aromatic heterocycles. The molecule has 0 aromatic rings. The van der Waals surface area contributed by atoms with Gasteiger partial charge >= 0.3 is 0 Å². The maximum Gasteiger partial charge on any atom is 0.0198 e. The minimum atomic E-state index is 0.812. The highest BCUT2D eigenvalue weighted by Gasteiger charge is 2.25. The second-order valence-electron chi connectivity index (χ2n) is 3.97. The second kappa shape index (κ2) is 6.72. The van der Waals surface area contributed by atoms with E-state index in [1.54, 1.807) is 0 Å². The molecule has 78 valence electrons. The Morgan fingerprint density at radius 2 is 2.15 bits per heavy atom. The predicted octanol–water partition coefficient (Wildman–Crippen LogP) is 3.05. The third-order valence-corrected chi connectivity index (χ3v) is 4.11. The molecule has 0 radical (unpaired) electrons. The fourth-order valence-electron chi connectivity index (χ4n) is 2.10. The molecule has 13 heavy (non-hydrogen) atoms. The summed E-state index contributed by atoms with van der Waals surface area (Å²) in [5.41, 5.74) is 0. The first kappa shape index (κ1) is 11.4. The van der Waals surface area contributed by atoms with Crippen molar-refractivity contribution in [3.05, 3.63) is 0 Å². The molecule has 1 rings (SSSR count). The van der Waals surface area contributed by atoms with Crippen LogP contribution in [0.15, 0.2) is 0 Å². The molecule has 2 unspecified atom stereocenters. The molecule has 0 bridgehead atoms. The van der Waals surface area contributed by atoms with Crippen LogP contribution in [-0.2, 0) is 0 Å². The van der Waals surface area contributed by atoms with E-state index in [9.17, 15) is 0 Å². The number of thioether (sulfide) groups is 1. The van der Waals surface area contributed by atoms with E-state index in [0.29, 0.717) is 0 Å². The number of hydrogen-bond donors (Lipinski definition) is 1. The predicted molar refractivity (Wildman–Crippen MR) is 62.5 cm³/mol. The lowest BCUT2D eigenvalue weighted by Gasteiger charge is -2.18. The van der Waals surface area contributed by atoms with Crippen LogP contribution in [0.5, 0.6) is 0 Å². The highest BCUT2D eigenvalue weighted by Crippen LogP contribution is 2.28. The number of unbranched alkanes of at least 4 members (excludes halogenated alkanes) is 2. The fourth-order valence-corrected chi connectivity index (χ4v) is 3.07. The summed E-state index contributed by atoms with van der Waals surface area (Å²) in [6.45, 7) is 3.50. The van der Waals surface area contributed by atoms with Crippen molar-refractivity contribution in [1.82, 2.24) is 5.32 Å². The molecule has 1 nitrogen and oxygen atoms in total. The van der Waals surface area contributed by atoms with E-state index in [0.717, 1.165) is 11.3 Å². The van der Waals surface area contributed by atoms with Gasteiger partial charge in [0.05, 0.1) is 0 Å². The van der Waals surface area contributed by atoms with Crippen molar-refractivity contribution in [2.75, 3.05) is 12.8 Å². The molecule has 0 heterocycles. The Kier molecular flexibility index (Phi) is 5.88. The first-order valence-corrected chi connectivity index (χ1v) is 6.93. The van der Waals surface area contributed by atoms with Gasteiger partial charge < -0.3 is 5.32 Å². The van der Waals surface area contributed by atoms with Gasteiger partial charge in [0.15, 0.2) is 0 Å². The first-order chi connectivity index (χ1) is 6.38. The van der Waals surface area contributed by atoms with E-state index < -0.39 is 0 Å². The Morgan fingerprint density at radius 3 is 2.85 bits per heavy atom. The molecule has 0 aromatic carbocycles. The Bertz CT molecular complexity index is 127. The molecule has 0 spiro atoms. The van der Waals surface area contributed by atoms with E-state index in [1.165, 1.54) is 45.1 Å². The van der Waals surface area contributed by atoms with E-state index in [1.807, 2.05) is 11.8 Å². The first-order valence-electron chi connectivity index (χ1n) is 5.64. The van der Waals surface area contributed by atoms with Crippen molar-refractivity contribution in [2.45, 2.75) is 56.7 Å². The zero-order valence-corrected chi connectivity index (χ0v) is 9.83. The standard InChI is InChI=1S/C11H23NS/c1-3-4-5-9-12-10-7-6-8-11(10)13-2/h10-12H,3-9H2,1-2H3. The van der Waals surface area contributed by atoms with Crippen LogP contribution in [-0.4, -0.2) is 24.1 Å². The highest BCUT2D eigenvalue weighted by molar-refractivity contribution is 7.99. The quantitative estimate of drug-likeness (QED) is 0.663. The minimum absolute atomic E-state index is 0.812. The topological polar surface area (TPSA) is 12.0 Å². The maximum absolute atomic E-state index is 3.70. The lowest BCUT2D eigenvalue weighted by Crippen LogP contribution is -2.34. The van der Waals surface area contributed by atoms with Crippen molar-refractivity contribution in [3.8, 4) is 0 Å². The van der Waals surface area contributed by atoms with Crippen LogP contribution in [0.1, 0.15) is 45.4 Å². The molecule has 1 aliphatic carbocycles. The summed E-state index contributed by atoms with van der Waals surface area (Å²) in [6, 6.07) is 0.812. The Morgan fingerprint density at radius 1 is 1.31 bits per heavy atom. The molecule has 2 heteroatoms. The molecule has 0 saturated heterocycles. The molecule has 2 atom stereocenters. The normalized spacial score (nSPS) is 28.2. The van der Waals surface area contributed by atoms with Gasteiger partial charge in [-0.15, -0.1) is 0 Å². The molecule has 1 fully saturated rings. The summed E-state index contributed by atoms with van der Waals surface area (Å²) in [6.07, 6.45) is 10.6. The van der Waals surface area contributed by atoms with E-state index in [-0.39, 0.29) is 0 Å². The lowest BCUT2D eigenvalue weighted by atomic mass is 10.2. The number of hydrogen-bond acceptors (Lipinski definition) is 2. The Labute approximate surface area is 87.1 Å². The molecule has 0 aliphatic heterocycles. The molecule has 1 aliphatic rings. The molecular formula is C11H23NS. The van der Waals surface area contributed by atoms with Crippen molar-refractivity contribution >= 4 is 11.8 Å². The van der Waals surface area contributed by atoms with E-state index in [2.05, 4.69) is 18.5 Å². The second-order valence-corrected chi connectivity index (χ2v) is 5.05. The van der Waals surface area contributed by atoms with Gasteiger partial charge in [-0.25, -0.2) is 0 Å². The molecule has 0 amide bonds. The molecule has 1 N–H and O–H groups in total. The van der Waals surface area contributed by atoms with Gasteiger partial charge in [0, 0.05) is 11.3 Å². The molecular weight excluding hydrogens is 178 g/mol.